The predicted molar refractivity (Wildman–Crippen MR) is 62.4 cm³/mol. The van der Waals surface area contributed by atoms with Crippen molar-refractivity contribution in [1.82, 2.24) is 4.90 Å². The van der Waals surface area contributed by atoms with Crippen molar-refractivity contribution in [1.29, 1.82) is 0 Å². The molecule has 2 aliphatic rings. The third kappa shape index (κ3) is 2.48. The number of rotatable bonds is 4. The molecule has 6 unspecified atom stereocenters. The van der Waals surface area contributed by atoms with Gasteiger partial charge in [0.15, 0.2) is 0 Å². The van der Waals surface area contributed by atoms with Crippen molar-refractivity contribution >= 4 is 0 Å². The summed E-state index contributed by atoms with van der Waals surface area (Å²) in [6, 6.07) is -0.354. The van der Waals surface area contributed by atoms with Gasteiger partial charge >= 0.3 is 0 Å². The van der Waals surface area contributed by atoms with Crippen molar-refractivity contribution in [2.45, 2.75) is 56.6 Å². The van der Waals surface area contributed by atoms with E-state index in [9.17, 15) is 20.4 Å². The molecule has 2 fully saturated rings. The standard InChI is InChI=1S/C12H23NO4/c1-7(15)2-3-8-4-9-11(16)12(17)10(6-14)13(9)5-8/h7-12,14-17H,2-6H2,1H3. The van der Waals surface area contributed by atoms with Crippen LogP contribution in [-0.4, -0.2) is 68.9 Å². The topological polar surface area (TPSA) is 84.2 Å². The number of hydrogen-bond donors (Lipinski definition) is 4. The fraction of sp³-hybridized carbons (Fsp3) is 1.00. The van der Waals surface area contributed by atoms with Gasteiger partial charge in [-0.2, -0.15) is 0 Å². The largest absolute Gasteiger partial charge is 0.395 e. The second-order valence-corrected chi connectivity index (χ2v) is 5.52. The Balaban J connectivity index is 1.93. The Labute approximate surface area is 102 Å². The quantitative estimate of drug-likeness (QED) is 0.507. The fourth-order valence-electron chi connectivity index (χ4n) is 3.25. The zero-order valence-corrected chi connectivity index (χ0v) is 10.2. The lowest BCUT2D eigenvalue weighted by molar-refractivity contribution is 0.0128. The highest BCUT2D eigenvalue weighted by molar-refractivity contribution is 5.05. The van der Waals surface area contributed by atoms with Crippen molar-refractivity contribution in [2.24, 2.45) is 5.92 Å². The van der Waals surface area contributed by atoms with Crippen LogP contribution in [0, 0.1) is 5.92 Å². The second-order valence-electron chi connectivity index (χ2n) is 5.52. The summed E-state index contributed by atoms with van der Waals surface area (Å²) in [6.07, 6.45) is 0.696. The summed E-state index contributed by atoms with van der Waals surface area (Å²) in [4.78, 5) is 2.03. The van der Waals surface area contributed by atoms with Crippen LogP contribution >= 0.6 is 0 Å². The first-order chi connectivity index (χ1) is 8.04. The van der Waals surface area contributed by atoms with Crippen molar-refractivity contribution < 1.29 is 20.4 Å². The van der Waals surface area contributed by atoms with E-state index in [1.54, 1.807) is 6.92 Å². The lowest BCUT2D eigenvalue weighted by Crippen LogP contribution is -2.39. The van der Waals surface area contributed by atoms with Crippen molar-refractivity contribution in [3.05, 3.63) is 0 Å². The third-order valence-corrected chi connectivity index (χ3v) is 4.21. The summed E-state index contributed by atoms with van der Waals surface area (Å²) in [5, 5.41) is 38.2. The highest BCUT2D eigenvalue weighted by atomic mass is 16.3. The molecule has 100 valence electrons. The first-order valence-corrected chi connectivity index (χ1v) is 6.45. The molecule has 5 heteroatoms. The van der Waals surface area contributed by atoms with E-state index < -0.39 is 12.2 Å². The third-order valence-electron chi connectivity index (χ3n) is 4.21. The maximum absolute atomic E-state index is 9.91. The molecule has 17 heavy (non-hydrogen) atoms. The van der Waals surface area contributed by atoms with E-state index in [1.165, 1.54) is 0 Å². The van der Waals surface area contributed by atoms with Gasteiger partial charge in [0, 0.05) is 12.6 Å². The number of aliphatic hydroxyl groups excluding tert-OH is 4. The number of hydrogen-bond acceptors (Lipinski definition) is 5. The van der Waals surface area contributed by atoms with E-state index in [-0.39, 0.29) is 24.8 Å². The summed E-state index contributed by atoms with van der Waals surface area (Å²) in [5.74, 6) is 0.450. The van der Waals surface area contributed by atoms with E-state index >= 15 is 0 Å². The molecule has 2 saturated heterocycles. The van der Waals surface area contributed by atoms with E-state index in [0.717, 1.165) is 25.8 Å². The van der Waals surface area contributed by atoms with Crippen molar-refractivity contribution in [3.63, 3.8) is 0 Å². The fourth-order valence-corrected chi connectivity index (χ4v) is 3.25. The Morgan fingerprint density at radius 2 is 2.00 bits per heavy atom. The molecule has 0 aromatic heterocycles. The average Bonchev–Trinajstić information content (AvgIpc) is 2.78. The Kier molecular flexibility index (Phi) is 4.05. The molecule has 2 rings (SSSR count). The zero-order valence-electron chi connectivity index (χ0n) is 10.2. The summed E-state index contributed by atoms with van der Waals surface area (Å²) in [5.41, 5.74) is 0. The molecule has 0 amide bonds. The normalized spacial score (nSPS) is 43.9. The van der Waals surface area contributed by atoms with Gasteiger partial charge in [0.25, 0.3) is 0 Å². The Bertz CT molecular complexity index is 261. The van der Waals surface area contributed by atoms with Crippen LogP contribution in [0.15, 0.2) is 0 Å². The summed E-state index contributed by atoms with van der Waals surface area (Å²) < 4.78 is 0. The molecule has 0 radical (unpaired) electrons. The van der Waals surface area contributed by atoms with Gasteiger partial charge in [0.2, 0.25) is 0 Å². The van der Waals surface area contributed by atoms with Crippen LogP contribution in [0.3, 0.4) is 0 Å². The Morgan fingerprint density at radius 1 is 1.29 bits per heavy atom. The van der Waals surface area contributed by atoms with Gasteiger partial charge in [0.1, 0.15) is 0 Å². The van der Waals surface area contributed by atoms with Gasteiger partial charge in [0.05, 0.1) is 31.0 Å². The molecule has 6 atom stereocenters. The summed E-state index contributed by atoms with van der Waals surface area (Å²) in [7, 11) is 0. The molecule has 4 N–H and O–H groups in total. The molecule has 0 aromatic rings. The number of nitrogens with zero attached hydrogens (tertiary/aromatic N) is 1. The molecule has 0 bridgehead atoms. The van der Waals surface area contributed by atoms with Crippen LogP contribution in [0.4, 0.5) is 0 Å². The SMILES string of the molecule is CC(O)CCC1CC2C(O)C(O)C(CO)N2C1. The lowest BCUT2D eigenvalue weighted by Gasteiger charge is -2.23. The molecule has 0 aromatic carbocycles. The monoisotopic (exact) mass is 245 g/mol. The zero-order chi connectivity index (χ0) is 12.6. The predicted octanol–water partition coefficient (Wildman–Crippen LogP) is -1.07. The Hall–Kier alpha value is -0.200. The van der Waals surface area contributed by atoms with E-state index in [0.29, 0.717) is 5.92 Å². The van der Waals surface area contributed by atoms with Crippen LogP contribution in [0.25, 0.3) is 0 Å². The summed E-state index contributed by atoms with van der Waals surface area (Å²) in [6.45, 7) is 2.47. The minimum absolute atomic E-state index is 0.0267. The van der Waals surface area contributed by atoms with E-state index in [4.69, 9.17) is 0 Å². The molecular formula is C12H23NO4. The highest BCUT2D eigenvalue weighted by Crippen LogP contribution is 2.37. The maximum atomic E-state index is 9.91. The summed E-state index contributed by atoms with van der Waals surface area (Å²) >= 11 is 0. The molecule has 0 spiro atoms. The first-order valence-electron chi connectivity index (χ1n) is 6.45. The van der Waals surface area contributed by atoms with Gasteiger partial charge < -0.3 is 20.4 Å². The van der Waals surface area contributed by atoms with Gasteiger partial charge in [-0.25, -0.2) is 0 Å². The van der Waals surface area contributed by atoms with E-state index in [2.05, 4.69) is 0 Å². The number of fused-ring (bicyclic) bond motifs is 1. The molecule has 2 aliphatic heterocycles. The molecule has 0 aliphatic carbocycles. The minimum atomic E-state index is -0.831. The average molecular weight is 245 g/mol. The van der Waals surface area contributed by atoms with Crippen molar-refractivity contribution in [3.8, 4) is 0 Å². The maximum Gasteiger partial charge on any atom is 0.0991 e. The minimum Gasteiger partial charge on any atom is -0.395 e. The van der Waals surface area contributed by atoms with Gasteiger partial charge in [-0.3, -0.25) is 4.90 Å². The lowest BCUT2D eigenvalue weighted by atomic mass is 9.94. The first kappa shape index (κ1) is 13.2. The second kappa shape index (κ2) is 5.20. The van der Waals surface area contributed by atoms with Gasteiger partial charge in [-0.1, -0.05) is 0 Å². The highest BCUT2D eigenvalue weighted by Gasteiger charge is 2.51. The van der Waals surface area contributed by atoms with Gasteiger partial charge in [-0.15, -0.1) is 0 Å². The van der Waals surface area contributed by atoms with Gasteiger partial charge in [-0.05, 0) is 32.1 Å². The molecule has 5 nitrogen and oxygen atoms in total. The van der Waals surface area contributed by atoms with Crippen LogP contribution in [-0.2, 0) is 0 Å². The molecular weight excluding hydrogens is 222 g/mol. The van der Waals surface area contributed by atoms with E-state index in [1.807, 2.05) is 4.90 Å². The van der Waals surface area contributed by atoms with Crippen LogP contribution in [0.5, 0.6) is 0 Å². The number of aliphatic hydroxyl groups is 4. The molecule has 0 saturated carbocycles. The smallest absolute Gasteiger partial charge is 0.0991 e. The van der Waals surface area contributed by atoms with Crippen LogP contribution in [0.1, 0.15) is 26.2 Å². The van der Waals surface area contributed by atoms with Crippen LogP contribution < -0.4 is 0 Å². The van der Waals surface area contributed by atoms with Crippen molar-refractivity contribution in [2.75, 3.05) is 13.2 Å². The van der Waals surface area contributed by atoms with Crippen LogP contribution in [0.2, 0.25) is 0 Å². The Morgan fingerprint density at radius 3 is 2.59 bits per heavy atom. The molecule has 2 heterocycles.